The lowest BCUT2D eigenvalue weighted by molar-refractivity contribution is -0.151. The summed E-state index contributed by atoms with van der Waals surface area (Å²) in [6, 6.07) is 16.9. The molecular weight excluding hydrogens is 344 g/mol. The van der Waals surface area contributed by atoms with E-state index >= 15 is 0 Å². The summed E-state index contributed by atoms with van der Waals surface area (Å²) in [6.07, 6.45) is 1.11. The number of urea groups is 1. The number of nitrogens with zero attached hydrogens (tertiary/aromatic N) is 2. The van der Waals surface area contributed by atoms with E-state index in [9.17, 15) is 14.4 Å². The summed E-state index contributed by atoms with van der Waals surface area (Å²) in [5.74, 6) is -0.730. The Hall–Kier alpha value is -3.15. The van der Waals surface area contributed by atoms with E-state index < -0.39 is 18.0 Å². The minimum Gasteiger partial charge on any atom is -0.459 e. The molecule has 2 aliphatic heterocycles. The van der Waals surface area contributed by atoms with Gasteiger partial charge in [0.25, 0.3) is 5.91 Å². The molecular formula is C21H20N2O4. The lowest BCUT2D eigenvalue weighted by atomic mass is 10.0. The predicted octanol–water partition coefficient (Wildman–Crippen LogP) is 2.84. The number of amides is 3. The van der Waals surface area contributed by atoms with E-state index in [1.165, 1.54) is 9.80 Å². The quantitative estimate of drug-likeness (QED) is 0.783. The molecule has 6 nitrogen and oxygen atoms in total. The van der Waals surface area contributed by atoms with Crippen molar-refractivity contribution in [3.63, 3.8) is 0 Å². The fourth-order valence-corrected chi connectivity index (χ4v) is 3.71. The molecule has 2 fully saturated rings. The Morgan fingerprint density at radius 1 is 0.963 bits per heavy atom. The Morgan fingerprint density at radius 3 is 2.33 bits per heavy atom. The number of rotatable bonds is 4. The number of carbonyl (C=O) groups is 3. The molecule has 0 saturated carbocycles. The molecule has 0 radical (unpaired) electrons. The van der Waals surface area contributed by atoms with Gasteiger partial charge in [-0.25, -0.2) is 9.59 Å². The average Bonchev–Trinajstić information content (AvgIpc) is 2.97. The van der Waals surface area contributed by atoms with Crippen LogP contribution >= 0.6 is 0 Å². The van der Waals surface area contributed by atoms with E-state index in [-0.39, 0.29) is 18.6 Å². The summed E-state index contributed by atoms with van der Waals surface area (Å²) in [5.41, 5.74) is 1.37. The highest BCUT2D eigenvalue weighted by Crippen LogP contribution is 2.31. The summed E-state index contributed by atoms with van der Waals surface area (Å²) >= 11 is 0. The van der Waals surface area contributed by atoms with Crippen molar-refractivity contribution in [1.82, 2.24) is 9.80 Å². The van der Waals surface area contributed by atoms with Gasteiger partial charge >= 0.3 is 12.0 Å². The Balaban J connectivity index is 1.44. The molecule has 4 rings (SSSR count). The number of esters is 1. The smallest absolute Gasteiger partial charge is 0.329 e. The Bertz CT molecular complexity index is 853. The van der Waals surface area contributed by atoms with Gasteiger partial charge in [-0.05, 0) is 30.5 Å². The molecule has 2 aliphatic rings. The van der Waals surface area contributed by atoms with Crippen LogP contribution in [0.5, 0.6) is 0 Å². The first-order valence-corrected chi connectivity index (χ1v) is 9.05. The number of hydrogen-bond donors (Lipinski definition) is 0. The van der Waals surface area contributed by atoms with E-state index in [0.717, 1.165) is 5.56 Å². The highest BCUT2D eigenvalue weighted by atomic mass is 16.5. The maximum atomic E-state index is 12.8. The van der Waals surface area contributed by atoms with Gasteiger partial charge < -0.3 is 9.64 Å². The first-order chi connectivity index (χ1) is 13.1. The van der Waals surface area contributed by atoms with Crippen molar-refractivity contribution in [3.8, 4) is 0 Å². The maximum absolute atomic E-state index is 12.8. The molecule has 138 valence electrons. The van der Waals surface area contributed by atoms with Crippen LogP contribution in [-0.4, -0.2) is 46.3 Å². The van der Waals surface area contributed by atoms with Crippen LogP contribution < -0.4 is 0 Å². The minimum atomic E-state index is -0.633. The molecule has 2 heterocycles. The number of ether oxygens (including phenoxy) is 1. The lowest BCUT2D eigenvalue weighted by Crippen LogP contribution is -2.45. The second kappa shape index (κ2) is 7.23. The Kier molecular flexibility index (Phi) is 4.62. The zero-order valence-corrected chi connectivity index (χ0v) is 14.8. The van der Waals surface area contributed by atoms with Crippen LogP contribution in [-0.2, 0) is 16.1 Å². The molecule has 2 aromatic rings. The van der Waals surface area contributed by atoms with Gasteiger partial charge in [0.1, 0.15) is 12.6 Å². The number of piperidine rings is 1. The fraction of sp³-hybridized carbons (Fsp3) is 0.286. The predicted molar refractivity (Wildman–Crippen MR) is 97.8 cm³/mol. The van der Waals surface area contributed by atoms with Crippen molar-refractivity contribution in [2.75, 3.05) is 6.54 Å². The van der Waals surface area contributed by atoms with Crippen molar-refractivity contribution >= 4 is 17.9 Å². The molecule has 6 heteroatoms. The largest absolute Gasteiger partial charge is 0.459 e. The summed E-state index contributed by atoms with van der Waals surface area (Å²) in [6.45, 7) is 0.552. The minimum absolute atomic E-state index is 0.175. The van der Waals surface area contributed by atoms with Crippen molar-refractivity contribution < 1.29 is 19.1 Å². The SMILES string of the molecule is O=C(OCc1ccccc1)[C@H]1CC[C@@H]2CN1C(=O)N2C(=O)c1ccccc1. The van der Waals surface area contributed by atoms with Crippen LogP contribution in [0.4, 0.5) is 4.79 Å². The first-order valence-electron chi connectivity index (χ1n) is 9.05. The third-order valence-corrected chi connectivity index (χ3v) is 5.11. The molecule has 3 amide bonds. The standard InChI is InChI=1S/C21H20N2O4/c24-19(16-9-5-2-6-10-16)23-17-11-12-18(22(13-17)21(23)26)20(25)27-14-15-7-3-1-4-8-15/h1-10,17-18H,11-14H2/t17-,18-/m1/s1. The maximum Gasteiger partial charge on any atom is 0.329 e. The summed E-state index contributed by atoms with van der Waals surface area (Å²) in [4.78, 5) is 40.9. The molecule has 0 unspecified atom stereocenters. The first kappa shape index (κ1) is 17.3. The van der Waals surface area contributed by atoms with E-state index in [0.29, 0.717) is 24.9 Å². The normalized spacial score (nSPS) is 21.3. The monoisotopic (exact) mass is 364 g/mol. The van der Waals surface area contributed by atoms with Crippen LogP contribution in [0.1, 0.15) is 28.8 Å². The zero-order chi connectivity index (χ0) is 18.8. The molecule has 2 bridgehead atoms. The van der Waals surface area contributed by atoms with Gasteiger partial charge in [0.2, 0.25) is 0 Å². The zero-order valence-electron chi connectivity index (χ0n) is 14.8. The number of carbonyl (C=O) groups excluding carboxylic acids is 3. The van der Waals surface area contributed by atoms with Crippen molar-refractivity contribution in [2.24, 2.45) is 0 Å². The second-order valence-corrected chi connectivity index (χ2v) is 6.82. The second-order valence-electron chi connectivity index (χ2n) is 6.82. The topological polar surface area (TPSA) is 66.9 Å². The molecule has 0 N–H and O–H groups in total. The van der Waals surface area contributed by atoms with Gasteiger partial charge in [0.15, 0.2) is 0 Å². The molecule has 0 aliphatic carbocycles. The van der Waals surface area contributed by atoms with Crippen LogP contribution in [0, 0.1) is 0 Å². The number of fused-ring (bicyclic) bond motifs is 2. The third kappa shape index (κ3) is 3.30. The van der Waals surface area contributed by atoms with Gasteiger partial charge in [-0.2, -0.15) is 0 Å². The number of imide groups is 1. The lowest BCUT2D eigenvalue weighted by Gasteiger charge is -2.28. The summed E-state index contributed by atoms with van der Waals surface area (Å²) < 4.78 is 5.41. The van der Waals surface area contributed by atoms with E-state index in [1.54, 1.807) is 24.3 Å². The van der Waals surface area contributed by atoms with Crippen LogP contribution in [0.2, 0.25) is 0 Å². The average molecular weight is 364 g/mol. The van der Waals surface area contributed by atoms with Gasteiger partial charge in [-0.3, -0.25) is 9.69 Å². The molecule has 2 aromatic carbocycles. The third-order valence-electron chi connectivity index (χ3n) is 5.11. The van der Waals surface area contributed by atoms with Crippen LogP contribution in [0.15, 0.2) is 60.7 Å². The number of benzene rings is 2. The molecule has 2 saturated heterocycles. The van der Waals surface area contributed by atoms with Crippen molar-refractivity contribution in [2.45, 2.75) is 31.5 Å². The molecule has 27 heavy (non-hydrogen) atoms. The van der Waals surface area contributed by atoms with Gasteiger partial charge in [-0.1, -0.05) is 48.5 Å². The Labute approximate surface area is 157 Å². The fourth-order valence-electron chi connectivity index (χ4n) is 3.71. The molecule has 0 spiro atoms. The van der Waals surface area contributed by atoms with Gasteiger partial charge in [0, 0.05) is 12.1 Å². The highest BCUT2D eigenvalue weighted by Gasteiger charge is 2.49. The summed E-state index contributed by atoms with van der Waals surface area (Å²) in [5, 5.41) is 0. The number of hydrogen-bond acceptors (Lipinski definition) is 4. The van der Waals surface area contributed by atoms with Crippen LogP contribution in [0.3, 0.4) is 0 Å². The van der Waals surface area contributed by atoms with Crippen molar-refractivity contribution in [3.05, 3.63) is 71.8 Å². The van der Waals surface area contributed by atoms with E-state index in [1.807, 2.05) is 36.4 Å². The van der Waals surface area contributed by atoms with Gasteiger partial charge in [0.05, 0.1) is 6.04 Å². The molecule has 2 atom stereocenters. The van der Waals surface area contributed by atoms with E-state index in [2.05, 4.69) is 0 Å². The Morgan fingerprint density at radius 2 is 1.63 bits per heavy atom. The van der Waals surface area contributed by atoms with E-state index in [4.69, 9.17) is 4.74 Å². The summed E-state index contributed by atoms with van der Waals surface area (Å²) in [7, 11) is 0. The van der Waals surface area contributed by atoms with Crippen molar-refractivity contribution in [1.29, 1.82) is 0 Å². The van der Waals surface area contributed by atoms with Gasteiger partial charge in [-0.15, -0.1) is 0 Å². The van der Waals surface area contributed by atoms with Crippen LogP contribution in [0.25, 0.3) is 0 Å². The molecule has 0 aromatic heterocycles. The highest BCUT2D eigenvalue weighted by molar-refractivity contribution is 6.06.